The highest BCUT2D eigenvalue weighted by Crippen LogP contribution is 2.09. The highest BCUT2D eigenvalue weighted by atomic mass is 32.1. The van der Waals surface area contributed by atoms with Gasteiger partial charge in [-0.2, -0.15) is 0 Å². The van der Waals surface area contributed by atoms with Crippen LogP contribution in [0.4, 0.5) is 0 Å². The Bertz CT molecular complexity index is 246. The van der Waals surface area contributed by atoms with Crippen molar-refractivity contribution in [3.8, 4) is 0 Å². The summed E-state index contributed by atoms with van der Waals surface area (Å²) < 4.78 is 0. The number of ketones is 1. The number of aromatic nitrogens is 1. The van der Waals surface area contributed by atoms with Crippen LogP contribution < -0.4 is 5.73 Å². The van der Waals surface area contributed by atoms with Gasteiger partial charge in [0.05, 0.1) is 5.51 Å². The lowest BCUT2D eigenvalue weighted by atomic mass is 10.0. The molecule has 0 aromatic carbocycles. The second kappa shape index (κ2) is 4.33. The van der Waals surface area contributed by atoms with E-state index in [1.807, 2.05) is 6.92 Å². The molecule has 0 saturated carbocycles. The van der Waals surface area contributed by atoms with Crippen LogP contribution in [0.3, 0.4) is 0 Å². The van der Waals surface area contributed by atoms with Crippen LogP contribution >= 0.6 is 11.3 Å². The van der Waals surface area contributed by atoms with E-state index in [1.165, 1.54) is 11.3 Å². The first-order valence-electron chi connectivity index (χ1n) is 3.84. The Labute approximate surface area is 75.6 Å². The molecule has 3 nitrogen and oxygen atoms in total. The van der Waals surface area contributed by atoms with Crippen LogP contribution in [0, 0.1) is 5.92 Å². The van der Waals surface area contributed by atoms with Gasteiger partial charge in [-0.3, -0.25) is 9.78 Å². The minimum absolute atomic E-state index is 0.0351. The highest BCUT2D eigenvalue weighted by Gasteiger charge is 2.11. The molecule has 1 unspecified atom stereocenters. The molecule has 1 heterocycles. The fourth-order valence-electron chi connectivity index (χ4n) is 0.807. The van der Waals surface area contributed by atoms with E-state index in [-0.39, 0.29) is 11.7 Å². The average molecular weight is 184 g/mol. The summed E-state index contributed by atoms with van der Waals surface area (Å²) in [7, 11) is 0. The lowest BCUT2D eigenvalue weighted by Crippen LogP contribution is -2.21. The van der Waals surface area contributed by atoms with Crippen LogP contribution in [-0.4, -0.2) is 17.3 Å². The van der Waals surface area contributed by atoms with E-state index in [0.29, 0.717) is 13.0 Å². The third kappa shape index (κ3) is 2.39. The van der Waals surface area contributed by atoms with Gasteiger partial charge in [-0.25, -0.2) is 0 Å². The summed E-state index contributed by atoms with van der Waals surface area (Å²) in [6.45, 7) is 2.28. The average Bonchev–Trinajstić information content (AvgIpc) is 2.55. The fourth-order valence-corrected chi connectivity index (χ4v) is 1.41. The highest BCUT2D eigenvalue weighted by molar-refractivity contribution is 7.09. The van der Waals surface area contributed by atoms with Crippen molar-refractivity contribution >= 4 is 17.1 Å². The van der Waals surface area contributed by atoms with E-state index in [4.69, 9.17) is 5.73 Å². The lowest BCUT2D eigenvalue weighted by molar-refractivity contribution is -0.121. The number of carbonyl (C=O) groups excluding carboxylic acids is 1. The largest absolute Gasteiger partial charge is 0.330 e. The van der Waals surface area contributed by atoms with Crippen LogP contribution in [0.2, 0.25) is 0 Å². The Hall–Kier alpha value is -0.740. The molecule has 1 atom stereocenters. The third-order valence-electron chi connectivity index (χ3n) is 1.74. The van der Waals surface area contributed by atoms with E-state index < -0.39 is 0 Å². The molecule has 0 bridgehead atoms. The van der Waals surface area contributed by atoms with Crippen molar-refractivity contribution < 1.29 is 4.79 Å². The fraction of sp³-hybridized carbons (Fsp3) is 0.500. The summed E-state index contributed by atoms with van der Waals surface area (Å²) in [4.78, 5) is 16.2. The summed E-state index contributed by atoms with van der Waals surface area (Å²) in [5, 5.41) is 0. The zero-order valence-corrected chi connectivity index (χ0v) is 7.80. The molecule has 0 aliphatic heterocycles. The molecule has 0 saturated heterocycles. The molecule has 4 heteroatoms. The number of nitrogens with two attached hydrogens (primary N) is 1. The number of rotatable bonds is 4. The first-order valence-corrected chi connectivity index (χ1v) is 4.72. The Morgan fingerprint density at radius 1 is 1.83 bits per heavy atom. The molecule has 2 N–H and O–H groups in total. The molecule has 0 aliphatic carbocycles. The Kier molecular flexibility index (Phi) is 3.37. The molecule has 0 radical (unpaired) electrons. The number of hydrogen-bond donors (Lipinski definition) is 1. The predicted octanol–water partition coefficient (Wildman–Crippen LogP) is 0.849. The predicted molar refractivity (Wildman–Crippen MR) is 49.0 cm³/mol. The molecule has 1 aromatic heterocycles. The number of nitrogens with zero attached hydrogens (tertiary/aromatic N) is 1. The van der Waals surface area contributed by atoms with Gasteiger partial charge in [0.25, 0.3) is 0 Å². The number of hydrogen-bond acceptors (Lipinski definition) is 4. The first-order chi connectivity index (χ1) is 5.74. The zero-order chi connectivity index (χ0) is 8.97. The molecule has 0 fully saturated rings. The second-order valence-corrected chi connectivity index (χ2v) is 3.72. The Morgan fingerprint density at radius 2 is 2.58 bits per heavy atom. The first kappa shape index (κ1) is 9.35. The molecule has 1 aromatic rings. The van der Waals surface area contributed by atoms with Gasteiger partial charge < -0.3 is 5.73 Å². The molecular formula is C8H12N2OS. The molecule has 66 valence electrons. The number of carbonyl (C=O) groups is 1. The number of thiazole rings is 1. The lowest BCUT2D eigenvalue weighted by Gasteiger charge is -2.04. The quantitative estimate of drug-likeness (QED) is 0.754. The summed E-state index contributed by atoms with van der Waals surface area (Å²) in [5.74, 6) is 0.161. The van der Waals surface area contributed by atoms with Crippen molar-refractivity contribution in [2.24, 2.45) is 11.7 Å². The minimum Gasteiger partial charge on any atom is -0.330 e. The summed E-state index contributed by atoms with van der Waals surface area (Å²) in [5.41, 5.74) is 7.10. The van der Waals surface area contributed by atoms with Crippen molar-refractivity contribution in [2.45, 2.75) is 13.3 Å². The van der Waals surface area contributed by atoms with Crippen LogP contribution in [0.15, 0.2) is 11.7 Å². The Morgan fingerprint density at radius 3 is 3.08 bits per heavy atom. The molecular weight excluding hydrogens is 172 g/mol. The maximum absolute atomic E-state index is 11.3. The smallest absolute Gasteiger partial charge is 0.142 e. The number of Topliss-reactive ketones (excluding diaryl/α,β-unsaturated/α-hetero) is 1. The van der Waals surface area contributed by atoms with Crippen molar-refractivity contribution in [3.63, 3.8) is 0 Å². The van der Waals surface area contributed by atoms with Gasteiger partial charge in [0, 0.05) is 30.0 Å². The zero-order valence-electron chi connectivity index (χ0n) is 6.99. The Balaban J connectivity index is 2.47. The van der Waals surface area contributed by atoms with E-state index >= 15 is 0 Å². The van der Waals surface area contributed by atoms with E-state index in [1.54, 1.807) is 11.7 Å². The van der Waals surface area contributed by atoms with Gasteiger partial charge in [-0.05, 0) is 0 Å². The SMILES string of the molecule is CC(CN)C(=O)Cc1cncs1. The monoisotopic (exact) mass is 184 g/mol. The van der Waals surface area contributed by atoms with Gasteiger partial charge in [-0.15, -0.1) is 11.3 Å². The van der Waals surface area contributed by atoms with Gasteiger partial charge in [-0.1, -0.05) is 6.92 Å². The molecule has 0 spiro atoms. The second-order valence-electron chi connectivity index (χ2n) is 2.75. The van der Waals surface area contributed by atoms with Crippen LogP contribution in [0.1, 0.15) is 11.8 Å². The summed E-state index contributed by atoms with van der Waals surface area (Å²) in [6, 6.07) is 0. The van der Waals surface area contributed by atoms with E-state index in [0.717, 1.165) is 4.88 Å². The van der Waals surface area contributed by atoms with Crippen LogP contribution in [0.25, 0.3) is 0 Å². The topological polar surface area (TPSA) is 56.0 Å². The molecule has 1 rings (SSSR count). The van der Waals surface area contributed by atoms with Gasteiger partial charge in [0.2, 0.25) is 0 Å². The summed E-state index contributed by atoms with van der Waals surface area (Å²) >= 11 is 1.51. The third-order valence-corrected chi connectivity index (χ3v) is 2.51. The van der Waals surface area contributed by atoms with Crippen LogP contribution in [-0.2, 0) is 11.2 Å². The van der Waals surface area contributed by atoms with Crippen molar-refractivity contribution in [1.82, 2.24) is 4.98 Å². The van der Waals surface area contributed by atoms with E-state index in [2.05, 4.69) is 4.98 Å². The van der Waals surface area contributed by atoms with Crippen molar-refractivity contribution in [1.29, 1.82) is 0 Å². The molecule has 0 aliphatic rings. The summed E-state index contributed by atoms with van der Waals surface area (Å²) in [6.07, 6.45) is 2.20. The molecule has 12 heavy (non-hydrogen) atoms. The van der Waals surface area contributed by atoms with E-state index in [9.17, 15) is 4.79 Å². The van der Waals surface area contributed by atoms with Gasteiger partial charge >= 0.3 is 0 Å². The van der Waals surface area contributed by atoms with Crippen molar-refractivity contribution in [3.05, 3.63) is 16.6 Å². The normalized spacial score (nSPS) is 12.8. The minimum atomic E-state index is -0.0351. The van der Waals surface area contributed by atoms with Gasteiger partial charge in [0.15, 0.2) is 0 Å². The standard InChI is InChI=1S/C8H12N2OS/c1-6(3-9)8(11)2-7-4-10-5-12-7/h4-6H,2-3,9H2,1H3. The van der Waals surface area contributed by atoms with Crippen LogP contribution in [0.5, 0.6) is 0 Å². The molecule has 0 amide bonds. The van der Waals surface area contributed by atoms with Gasteiger partial charge in [0.1, 0.15) is 5.78 Å². The van der Waals surface area contributed by atoms with Crippen molar-refractivity contribution in [2.75, 3.05) is 6.54 Å². The maximum Gasteiger partial charge on any atom is 0.142 e. The maximum atomic E-state index is 11.3.